The van der Waals surface area contributed by atoms with Crippen LogP contribution in [0.3, 0.4) is 0 Å². The zero-order chi connectivity index (χ0) is 20.5. The number of benzene rings is 3. The molecule has 1 aromatic heterocycles. The number of hydrogen-bond acceptors (Lipinski definition) is 3. The first-order valence-electron chi connectivity index (χ1n) is 8.78. The lowest BCUT2D eigenvalue weighted by atomic mass is 9.94. The molecule has 0 aliphatic heterocycles. The van der Waals surface area contributed by atoms with Crippen LogP contribution in [0.4, 0.5) is 8.78 Å². The van der Waals surface area contributed by atoms with Gasteiger partial charge >= 0.3 is 5.97 Å². The Kier molecular flexibility index (Phi) is 4.94. The van der Waals surface area contributed by atoms with E-state index < -0.39 is 17.6 Å². The fraction of sp³-hybridized carbons (Fsp3) is 0.0435. The largest absolute Gasteiger partial charge is 0.478 e. The molecule has 0 atom stereocenters. The van der Waals surface area contributed by atoms with Crippen molar-refractivity contribution >= 4 is 17.3 Å². The predicted molar refractivity (Wildman–Crippen MR) is 110 cm³/mol. The number of halogens is 2. The maximum absolute atomic E-state index is 13.5. The summed E-state index contributed by atoms with van der Waals surface area (Å²) >= 11 is 1.31. The lowest BCUT2D eigenvalue weighted by molar-refractivity contribution is 0.0698. The Balaban J connectivity index is 1.76. The molecule has 0 radical (unpaired) electrons. The van der Waals surface area contributed by atoms with E-state index in [0.29, 0.717) is 27.4 Å². The van der Waals surface area contributed by atoms with Crippen LogP contribution in [0.1, 0.15) is 15.9 Å². The number of aromatic carboxylic acids is 1. The first kappa shape index (κ1) is 19.0. The van der Waals surface area contributed by atoms with Crippen LogP contribution in [-0.4, -0.2) is 16.1 Å². The number of aromatic nitrogens is 1. The smallest absolute Gasteiger partial charge is 0.336 e. The molecule has 4 rings (SSSR count). The molecule has 1 heterocycles. The second-order valence-corrected chi connectivity index (χ2v) is 7.41. The minimum absolute atomic E-state index is 0.182. The highest BCUT2D eigenvalue weighted by Crippen LogP contribution is 2.34. The molecule has 0 amide bonds. The normalized spacial score (nSPS) is 10.9. The third kappa shape index (κ3) is 3.67. The van der Waals surface area contributed by atoms with Crippen LogP contribution in [0.2, 0.25) is 0 Å². The Labute approximate surface area is 169 Å². The molecule has 0 fully saturated rings. The van der Waals surface area contributed by atoms with Gasteiger partial charge in [0.2, 0.25) is 0 Å². The van der Waals surface area contributed by atoms with Crippen molar-refractivity contribution in [1.82, 2.24) is 4.98 Å². The fourth-order valence-electron chi connectivity index (χ4n) is 3.16. The van der Waals surface area contributed by atoms with Gasteiger partial charge in [-0.25, -0.2) is 18.6 Å². The topological polar surface area (TPSA) is 50.2 Å². The zero-order valence-corrected chi connectivity index (χ0v) is 16.1. The van der Waals surface area contributed by atoms with Crippen molar-refractivity contribution in [3.8, 4) is 33.0 Å². The molecule has 29 heavy (non-hydrogen) atoms. The summed E-state index contributed by atoms with van der Waals surface area (Å²) in [4.78, 5) is 16.4. The summed E-state index contributed by atoms with van der Waals surface area (Å²) in [6.07, 6.45) is 0. The highest BCUT2D eigenvalue weighted by atomic mass is 32.1. The van der Waals surface area contributed by atoms with Crippen molar-refractivity contribution < 1.29 is 18.7 Å². The number of carboxylic acids is 1. The minimum atomic E-state index is -1.03. The highest BCUT2D eigenvalue weighted by molar-refractivity contribution is 7.13. The summed E-state index contributed by atoms with van der Waals surface area (Å²) < 4.78 is 26.7. The first-order chi connectivity index (χ1) is 13.9. The molecule has 0 aliphatic carbocycles. The number of thiazole rings is 1. The van der Waals surface area contributed by atoms with E-state index in [1.165, 1.54) is 17.4 Å². The van der Waals surface area contributed by atoms with Gasteiger partial charge in [-0.2, -0.15) is 0 Å². The van der Waals surface area contributed by atoms with Crippen LogP contribution in [0.15, 0.2) is 66.0 Å². The Morgan fingerprint density at radius 1 is 0.931 bits per heavy atom. The number of carbonyl (C=O) groups is 1. The van der Waals surface area contributed by atoms with Gasteiger partial charge < -0.3 is 5.11 Å². The molecule has 3 nitrogen and oxygen atoms in total. The maximum Gasteiger partial charge on any atom is 0.336 e. The lowest BCUT2D eigenvalue weighted by Gasteiger charge is -2.10. The van der Waals surface area contributed by atoms with E-state index >= 15 is 0 Å². The second-order valence-electron chi connectivity index (χ2n) is 6.55. The number of hydrogen-bond donors (Lipinski definition) is 1. The molecule has 0 bridgehead atoms. The number of nitrogens with zero attached hydrogens (tertiary/aromatic N) is 1. The average Bonchev–Trinajstić information content (AvgIpc) is 3.20. The third-order valence-corrected chi connectivity index (χ3v) is 5.54. The molecule has 6 heteroatoms. The van der Waals surface area contributed by atoms with Crippen molar-refractivity contribution in [2.45, 2.75) is 6.92 Å². The van der Waals surface area contributed by atoms with Crippen LogP contribution < -0.4 is 0 Å². The van der Waals surface area contributed by atoms with Gasteiger partial charge in [-0.1, -0.05) is 36.4 Å². The van der Waals surface area contributed by atoms with Crippen LogP contribution in [0.25, 0.3) is 33.0 Å². The summed E-state index contributed by atoms with van der Waals surface area (Å²) in [5.74, 6) is -2.88. The van der Waals surface area contributed by atoms with Gasteiger partial charge in [0.15, 0.2) is 11.6 Å². The molecule has 0 saturated carbocycles. The summed E-state index contributed by atoms with van der Waals surface area (Å²) in [7, 11) is 0. The van der Waals surface area contributed by atoms with Crippen molar-refractivity contribution in [3.63, 3.8) is 0 Å². The fourth-order valence-corrected chi connectivity index (χ4v) is 3.98. The molecular formula is C23H15F2NO2S. The van der Waals surface area contributed by atoms with Crippen molar-refractivity contribution in [1.29, 1.82) is 0 Å². The third-order valence-electron chi connectivity index (χ3n) is 4.65. The Hall–Kier alpha value is -3.38. The number of carboxylic acid groups (broad SMARTS) is 1. The van der Waals surface area contributed by atoms with Gasteiger partial charge in [0.1, 0.15) is 5.01 Å². The summed E-state index contributed by atoms with van der Waals surface area (Å²) in [6, 6.07) is 16.4. The molecule has 0 unspecified atom stereocenters. The van der Waals surface area contributed by atoms with Crippen molar-refractivity contribution in [2.75, 3.05) is 0 Å². The van der Waals surface area contributed by atoms with Gasteiger partial charge in [-0.15, -0.1) is 11.3 Å². The van der Waals surface area contributed by atoms with Crippen LogP contribution in [0, 0.1) is 18.6 Å². The average molecular weight is 407 g/mol. The van der Waals surface area contributed by atoms with Gasteiger partial charge in [0.25, 0.3) is 0 Å². The molecule has 3 aromatic carbocycles. The van der Waals surface area contributed by atoms with Crippen LogP contribution in [0.5, 0.6) is 0 Å². The van der Waals surface area contributed by atoms with Crippen molar-refractivity contribution in [3.05, 3.63) is 88.8 Å². The molecule has 1 N–H and O–H groups in total. The quantitative estimate of drug-likeness (QED) is 0.424. The predicted octanol–water partition coefficient (Wildman–Crippen LogP) is 6.43. The summed E-state index contributed by atoms with van der Waals surface area (Å²) in [5.41, 5.74) is 4.28. The van der Waals surface area contributed by atoms with Gasteiger partial charge in [0, 0.05) is 16.5 Å². The van der Waals surface area contributed by atoms with Crippen molar-refractivity contribution in [2.24, 2.45) is 0 Å². The Bertz CT molecular complexity index is 1230. The van der Waals surface area contributed by atoms with Gasteiger partial charge in [-0.05, 0) is 47.9 Å². The summed E-state index contributed by atoms with van der Waals surface area (Å²) in [5, 5.41) is 12.1. The van der Waals surface area contributed by atoms with E-state index in [1.54, 1.807) is 17.5 Å². The standard InChI is InChI=1S/C23H15F2NO2S/c1-13-4-2-3-5-16(13)17-8-6-15(10-18(17)23(27)28)22-26-21(12-29-22)14-7-9-19(24)20(25)11-14/h2-12H,1H3,(H,27,28). The molecular weight excluding hydrogens is 392 g/mol. The zero-order valence-electron chi connectivity index (χ0n) is 15.3. The SMILES string of the molecule is Cc1ccccc1-c1ccc(-c2nc(-c3ccc(F)c(F)c3)cs2)cc1C(=O)O. The van der Waals surface area contributed by atoms with E-state index in [4.69, 9.17) is 0 Å². The van der Waals surface area contributed by atoms with Crippen LogP contribution in [-0.2, 0) is 0 Å². The van der Waals surface area contributed by atoms with Crippen LogP contribution >= 0.6 is 11.3 Å². The van der Waals surface area contributed by atoms with E-state index in [0.717, 1.165) is 23.3 Å². The minimum Gasteiger partial charge on any atom is -0.478 e. The van der Waals surface area contributed by atoms with E-state index in [9.17, 15) is 18.7 Å². The monoisotopic (exact) mass is 407 g/mol. The van der Waals surface area contributed by atoms with E-state index in [1.807, 2.05) is 37.3 Å². The second kappa shape index (κ2) is 7.56. The highest BCUT2D eigenvalue weighted by Gasteiger charge is 2.16. The Morgan fingerprint density at radius 2 is 1.69 bits per heavy atom. The molecule has 0 saturated heterocycles. The maximum atomic E-state index is 13.5. The lowest BCUT2D eigenvalue weighted by Crippen LogP contribution is -2.01. The number of rotatable bonds is 4. The first-order valence-corrected chi connectivity index (χ1v) is 9.66. The molecule has 0 spiro atoms. The molecule has 4 aromatic rings. The van der Waals surface area contributed by atoms with Gasteiger partial charge in [0.05, 0.1) is 11.3 Å². The van der Waals surface area contributed by atoms with E-state index in [2.05, 4.69) is 4.98 Å². The van der Waals surface area contributed by atoms with E-state index in [-0.39, 0.29) is 5.56 Å². The van der Waals surface area contributed by atoms with Gasteiger partial charge in [-0.3, -0.25) is 0 Å². The molecule has 0 aliphatic rings. The Morgan fingerprint density at radius 3 is 2.41 bits per heavy atom. The number of aryl methyl sites for hydroxylation is 1. The molecule has 144 valence electrons. The summed E-state index contributed by atoms with van der Waals surface area (Å²) in [6.45, 7) is 1.93.